The van der Waals surface area contributed by atoms with E-state index in [1.165, 1.54) is 4.90 Å². The number of carbonyl (C=O) groups excluding carboxylic acids is 3. The highest BCUT2D eigenvalue weighted by Gasteiger charge is 2.48. The second kappa shape index (κ2) is 7.08. The zero-order valence-electron chi connectivity index (χ0n) is 17.2. The lowest BCUT2D eigenvalue weighted by atomic mass is 9.95. The topological polar surface area (TPSA) is 103 Å². The number of aromatic amines is 1. The number of pyridine rings is 1. The number of ketones is 2. The van der Waals surface area contributed by atoms with Crippen molar-refractivity contribution in [3.63, 3.8) is 0 Å². The molecule has 0 radical (unpaired) electrons. The van der Waals surface area contributed by atoms with Gasteiger partial charge in [0.15, 0.2) is 17.8 Å². The number of hydrogen-bond donors (Lipinski definition) is 2. The van der Waals surface area contributed by atoms with Crippen LogP contribution in [0, 0.1) is 0 Å². The van der Waals surface area contributed by atoms with Crippen LogP contribution in [0.15, 0.2) is 79.0 Å². The molecule has 2 aromatic heterocycles. The maximum atomic E-state index is 13.6. The molecule has 3 heterocycles. The van der Waals surface area contributed by atoms with Crippen molar-refractivity contribution in [1.82, 2.24) is 9.97 Å². The van der Waals surface area contributed by atoms with Crippen molar-refractivity contribution in [2.24, 2.45) is 0 Å². The Morgan fingerprint density at radius 3 is 2.09 bits per heavy atom. The minimum Gasteiger partial charge on any atom is -0.369 e. The first kappa shape index (κ1) is 19.3. The average molecular weight is 435 g/mol. The lowest BCUT2D eigenvalue weighted by Crippen LogP contribution is -2.29. The molecule has 1 amide bonds. The standard InChI is InChI=1S/C26H17N3O4/c30-23-15-10-4-5-11-16(15)24(31)20(23)22-19-18(21(28-22)17-12-6-7-13-27-17)25(32)29(26(19)33)14-8-2-1-3-9-14/h1-13,20,25,28,32H. The number of benzene rings is 2. The minimum absolute atomic E-state index is 0.145. The number of rotatable bonds is 3. The summed E-state index contributed by atoms with van der Waals surface area (Å²) in [6.45, 7) is 0. The van der Waals surface area contributed by atoms with E-state index in [9.17, 15) is 19.5 Å². The fraction of sp³-hybridized carbons (Fsp3) is 0.0769. The van der Waals surface area contributed by atoms with E-state index in [0.29, 0.717) is 33.8 Å². The number of aliphatic hydroxyl groups is 1. The maximum absolute atomic E-state index is 13.6. The summed E-state index contributed by atoms with van der Waals surface area (Å²) in [6, 6.07) is 20.7. The summed E-state index contributed by atoms with van der Waals surface area (Å²) < 4.78 is 0. The van der Waals surface area contributed by atoms with Crippen molar-refractivity contribution >= 4 is 23.2 Å². The van der Waals surface area contributed by atoms with Crippen LogP contribution < -0.4 is 4.90 Å². The number of para-hydroxylation sites is 1. The SMILES string of the molecule is O=C1c2ccccc2C(=O)C1c1[nH]c(-c2ccccn2)c2c1C(=O)N(c1ccccc1)C2O. The van der Waals surface area contributed by atoms with Gasteiger partial charge in [0.05, 0.1) is 17.0 Å². The number of H-pyrrole nitrogens is 1. The van der Waals surface area contributed by atoms with Crippen LogP contribution in [-0.2, 0) is 0 Å². The number of nitrogens with one attached hydrogen (secondary N) is 1. The van der Waals surface area contributed by atoms with E-state index < -0.39 is 18.1 Å². The third-order valence-corrected chi connectivity index (χ3v) is 6.23. The van der Waals surface area contributed by atoms with Crippen LogP contribution in [0.1, 0.15) is 54.5 Å². The molecule has 160 valence electrons. The Balaban J connectivity index is 1.57. The monoisotopic (exact) mass is 435 g/mol. The molecule has 7 nitrogen and oxygen atoms in total. The molecule has 0 fully saturated rings. The van der Waals surface area contributed by atoms with E-state index in [-0.39, 0.29) is 22.8 Å². The normalized spacial score (nSPS) is 17.5. The Bertz CT molecular complexity index is 1410. The van der Waals surface area contributed by atoms with Gasteiger partial charge in [-0.15, -0.1) is 0 Å². The molecular weight excluding hydrogens is 418 g/mol. The molecule has 0 spiro atoms. The molecule has 2 aromatic carbocycles. The number of carbonyl (C=O) groups is 3. The van der Waals surface area contributed by atoms with Crippen LogP contribution >= 0.6 is 0 Å². The van der Waals surface area contributed by atoms with Gasteiger partial charge in [-0.25, -0.2) is 0 Å². The van der Waals surface area contributed by atoms with Crippen LogP contribution in [-0.4, -0.2) is 32.5 Å². The zero-order valence-corrected chi connectivity index (χ0v) is 17.2. The summed E-state index contributed by atoms with van der Waals surface area (Å²) in [5.74, 6) is -2.39. The van der Waals surface area contributed by atoms with E-state index in [4.69, 9.17) is 0 Å². The average Bonchev–Trinajstić information content (AvgIpc) is 3.44. The molecule has 6 rings (SSSR count). The maximum Gasteiger partial charge on any atom is 0.263 e. The predicted molar refractivity (Wildman–Crippen MR) is 120 cm³/mol. The van der Waals surface area contributed by atoms with Gasteiger partial charge in [0, 0.05) is 34.3 Å². The van der Waals surface area contributed by atoms with Gasteiger partial charge in [0.2, 0.25) is 0 Å². The molecule has 2 aliphatic rings. The number of hydrogen-bond acceptors (Lipinski definition) is 5. The zero-order chi connectivity index (χ0) is 22.7. The molecule has 0 bridgehead atoms. The highest BCUT2D eigenvalue weighted by Crippen LogP contribution is 2.46. The highest BCUT2D eigenvalue weighted by atomic mass is 16.3. The third kappa shape index (κ3) is 2.66. The number of Topliss-reactive ketones (excluding diaryl/α,β-unsaturated/α-hetero) is 2. The second-order valence-electron chi connectivity index (χ2n) is 8.01. The highest BCUT2D eigenvalue weighted by molar-refractivity contribution is 6.30. The lowest BCUT2D eigenvalue weighted by Gasteiger charge is -2.22. The van der Waals surface area contributed by atoms with Crippen molar-refractivity contribution in [2.45, 2.75) is 12.1 Å². The number of nitrogens with zero attached hydrogens (tertiary/aromatic N) is 2. The molecule has 1 atom stereocenters. The molecule has 1 unspecified atom stereocenters. The van der Waals surface area contributed by atoms with E-state index in [0.717, 1.165) is 0 Å². The van der Waals surface area contributed by atoms with Crippen LogP contribution in [0.5, 0.6) is 0 Å². The van der Waals surface area contributed by atoms with Crippen molar-refractivity contribution < 1.29 is 19.5 Å². The molecule has 1 aliphatic carbocycles. The van der Waals surface area contributed by atoms with Crippen molar-refractivity contribution in [1.29, 1.82) is 0 Å². The Hall–Kier alpha value is -4.36. The van der Waals surface area contributed by atoms with E-state index in [1.807, 2.05) is 6.07 Å². The molecule has 4 aromatic rings. The fourth-order valence-corrected chi connectivity index (χ4v) is 4.77. The Morgan fingerprint density at radius 1 is 0.818 bits per heavy atom. The third-order valence-electron chi connectivity index (χ3n) is 6.23. The predicted octanol–water partition coefficient (Wildman–Crippen LogP) is 3.89. The number of aliphatic hydroxyl groups excluding tert-OH is 1. The van der Waals surface area contributed by atoms with E-state index >= 15 is 0 Å². The van der Waals surface area contributed by atoms with Gasteiger partial charge >= 0.3 is 0 Å². The van der Waals surface area contributed by atoms with Crippen LogP contribution in [0.3, 0.4) is 0 Å². The van der Waals surface area contributed by atoms with Crippen molar-refractivity contribution in [3.05, 3.63) is 107 Å². The van der Waals surface area contributed by atoms with Crippen LogP contribution in [0.2, 0.25) is 0 Å². The molecule has 33 heavy (non-hydrogen) atoms. The van der Waals surface area contributed by atoms with Gasteiger partial charge in [0.25, 0.3) is 5.91 Å². The fourth-order valence-electron chi connectivity index (χ4n) is 4.77. The molecule has 1 aliphatic heterocycles. The summed E-state index contributed by atoms with van der Waals surface area (Å²) in [5, 5.41) is 11.3. The quantitative estimate of drug-likeness (QED) is 0.475. The number of amides is 1. The van der Waals surface area contributed by atoms with Gasteiger partial charge in [-0.1, -0.05) is 48.5 Å². The number of fused-ring (bicyclic) bond motifs is 2. The van der Waals surface area contributed by atoms with Crippen LogP contribution in [0.25, 0.3) is 11.4 Å². The van der Waals surface area contributed by atoms with Crippen molar-refractivity contribution in [3.8, 4) is 11.4 Å². The summed E-state index contributed by atoms with van der Waals surface area (Å²) in [4.78, 5) is 48.9. The largest absolute Gasteiger partial charge is 0.369 e. The Morgan fingerprint density at radius 2 is 1.45 bits per heavy atom. The van der Waals surface area contributed by atoms with Gasteiger partial charge in [-0.2, -0.15) is 0 Å². The van der Waals surface area contributed by atoms with E-state index in [1.54, 1.807) is 72.9 Å². The van der Waals surface area contributed by atoms with Gasteiger partial charge in [-0.05, 0) is 24.3 Å². The molecule has 7 heteroatoms. The molecule has 2 N–H and O–H groups in total. The number of aromatic nitrogens is 2. The van der Waals surface area contributed by atoms with Crippen LogP contribution in [0.4, 0.5) is 5.69 Å². The summed E-state index contributed by atoms with van der Waals surface area (Å²) >= 11 is 0. The van der Waals surface area contributed by atoms with Gasteiger partial charge in [0.1, 0.15) is 5.92 Å². The molecule has 0 saturated carbocycles. The number of anilines is 1. The van der Waals surface area contributed by atoms with Gasteiger partial charge in [-0.3, -0.25) is 24.3 Å². The molecule has 0 saturated heterocycles. The first-order valence-corrected chi connectivity index (χ1v) is 10.5. The minimum atomic E-state index is -1.30. The Kier molecular flexibility index (Phi) is 4.15. The smallest absolute Gasteiger partial charge is 0.263 e. The van der Waals surface area contributed by atoms with Gasteiger partial charge < -0.3 is 10.1 Å². The lowest BCUT2D eigenvalue weighted by molar-refractivity contribution is 0.0888. The first-order valence-electron chi connectivity index (χ1n) is 10.5. The second-order valence-corrected chi connectivity index (χ2v) is 8.01. The van der Waals surface area contributed by atoms with E-state index in [2.05, 4.69) is 9.97 Å². The summed E-state index contributed by atoms with van der Waals surface area (Å²) in [5.41, 5.74) is 2.74. The summed E-state index contributed by atoms with van der Waals surface area (Å²) in [6.07, 6.45) is 0.299. The first-order chi connectivity index (χ1) is 16.1. The van der Waals surface area contributed by atoms with Crippen molar-refractivity contribution in [2.75, 3.05) is 4.90 Å². The molecular formula is C26H17N3O4. The Labute approximate surface area is 188 Å². The summed E-state index contributed by atoms with van der Waals surface area (Å²) in [7, 11) is 0.